The van der Waals surface area contributed by atoms with Crippen molar-refractivity contribution in [2.75, 3.05) is 4.72 Å². The van der Waals surface area contributed by atoms with Crippen molar-refractivity contribution in [2.24, 2.45) is 0 Å². The largest absolute Gasteiger partial charge is 0.279 e. The van der Waals surface area contributed by atoms with Gasteiger partial charge in [-0.05, 0) is 37.1 Å². The van der Waals surface area contributed by atoms with Gasteiger partial charge in [-0.15, -0.1) is 0 Å². The molecule has 0 saturated heterocycles. The quantitative estimate of drug-likeness (QED) is 0.842. The van der Waals surface area contributed by atoms with Crippen LogP contribution in [0.2, 0.25) is 4.47 Å². The Balaban J connectivity index is 2.41. The zero-order valence-corrected chi connectivity index (χ0v) is 14.8. The highest BCUT2D eigenvalue weighted by atomic mass is 79.9. The summed E-state index contributed by atoms with van der Waals surface area (Å²) in [6.07, 6.45) is 0.722. The highest BCUT2D eigenvalue weighted by Gasteiger charge is 2.22. The van der Waals surface area contributed by atoms with Gasteiger partial charge in [-0.3, -0.25) is 4.72 Å². The molecule has 0 amide bonds. The lowest BCUT2D eigenvalue weighted by molar-refractivity contribution is 0.602. The molecule has 108 valence electrons. The molecule has 1 heterocycles. The predicted molar refractivity (Wildman–Crippen MR) is 86.2 cm³/mol. The molecule has 0 atom stereocenters. The average Bonchev–Trinajstić information content (AvgIpc) is 2.71. The number of anilines is 1. The number of sulfonamides is 1. The molecular formula is C12H12BrClN2O2S2. The Morgan fingerprint density at radius 1 is 1.45 bits per heavy atom. The van der Waals surface area contributed by atoms with Crippen molar-refractivity contribution in [3.05, 3.63) is 38.4 Å². The van der Waals surface area contributed by atoms with Gasteiger partial charge in [0.15, 0.2) is 8.68 Å². The first-order valence-electron chi connectivity index (χ1n) is 5.77. The first kappa shape index (κ1) is 15.8. The normalized spacial score (nSPS) is 11.6. The van der Waals surface area contributed by atoms with Crippen molar-refractivity contribution >= 4 is 54.6 Å². The molecule has 20 heavy (non-hydrogen) atoms. The molecule has 0 bridgehead atoms. The molecule has 0 fully saturated rings. The number of hydrogen-bond donors (Lipinski definition) is 1. The van der Waals surface area contributed by atoms with E-state index in [1.54, 1.807) is 19.1 Å². The summed E-state index contributed by atoms with van der Waals surface area (Å²) in [5.74, 6) is 0. The minimum atomic E-state index is -3.66. The molecule has 0 radical (unpaired) electrons. The Kier molecular flexibility index (Phi) is 4.73. The molecule has 4 nitrogen and oxygen atoms in total. The van der Waals surface area contributed by atoms with Crippen LogP contribution in [0, 0.1) is 6.92 Å². The molecule has 2 aromatic rings. The van der Waals surface area contributed by atoms with Gasteiger partial charge in [-0.25, -0.2) is 13.4 Å². The van der Waals surface area contributed by atoms with Crippen LogP contribution in [-0.4, -0.2) is 13.4 Å². The summed E-state index contributed by atoms with van der Waals surface area (Å²) in [4.78, 5) is 3.93. The highest BCUT2D eigenvalue weighted by molar-refractivity contribution is 9.10. The van der Waals surface area contributed by atoms with Gasteiger partial charge in [-0.1, -0.05) is 45.8 Å². The minimum absolute atomic E-state index is 0.146. The van der Waals surface area contributed by atoms with E-state index < -0.39 is 10.0 Å². The predicted octanol–water partition coefficient (Wildman–Crippen LogP) is 4.23. The zero-order chi connectivity index (χ0) is 14.9. The lowest BCUT2D eigenvalue weighted by atomic mass is 10.1. The lowest BCUT2D eigenvalue weighted by Crippen LogP contribution is -2.14. The van der Waals surface area contributed by atoms with Crippen molar-refractivity contribution in [2.45, 2.75) is 24.5 Å². The summed E-state index contributed by atoms with van der Waals surface area (Å²) in [7, 11) is -3.66. The van der Waals surface area contributed by atoms with Gasteiger partial charge in [-0.2, -0.15) is 0 Å². The molecule has 0 aliphatic rings. The Bertz CT molecular complexity index is 744. The molecule has 0 saturated carbocycles. The maximum atomic E-state index is 12.4. The number of nitrogens with zero attached hydrogens (tertiary/aromatic N) is 1. The summed E-state index contributed by atoms with van der Waals surface area (Å²) in [5, 5.41) is 0. The van der Waals surface area contributed by atoms with E-state index in [2.05, 4.69) is 25.6 Å². The lowest BCUT2D eigenvalue weighted by Gasteiger charge is -2.11. The summed E-state index contributed by atoms with van der Waals surface area (Å²) in [5.41, 5.74) is 1.89. The van der Waals surface area contributed by atoms with Crippen molar-refractivity contribution in [3.63, 3.8) is 0 Å². The second-order valence-electron chi connectivity index (χ2n) is 4.10. The first-order valence-corrected chi connectivity index (χ1v) is 9.24. The van der Waals surface area contributed by atoms with Crippen molar-refractivity contribution < 1.29 is 8.42 Å². The second kappa shape index (κ2) is 6.01. The van der Waals surface area contributed by atoms with Crippen LogP contribution in [0.25, 0.3) is 0 Å². The van der Waals surface area contributed by atoms with Crippen LogP contribution in [0.5, 0.6) is 0 Å². The van der Waals surface area contributed by atoms with E-state index in [9.17, 15) is 8.42 Å². The number of hydrogen-bond acceptors (Lipinski definition) is 4. The van der Waals surface area contributed by atoms with Crippen molar-refractivity contribution in [1.29, 1.82) is 0 Å². The Hall–Kier alpha value is -0.630. The van der Waals surface area contributed by atoms with Gasteiger partial charge in [0.25, 0.3) is 10.0 Å². The van der Waals surface area contributed by atoms with E-state index >= 15 is 0 Å². The number of thiazole rings is 1. The third-order valence-electron chi connectivity index (χ3n) is 2.66. The van der Waals surface area contributed by atoms with Crippen LogP contribution < -0.4 is 4.72 Å². The van der Waals surface area contributed by atoms with Crippen LogP contribution in [0.1, 0.15) is 18.2 Å². The van der Waals surface area contributed by atoms with Crippen molar-refractivity contribution in [1.82, 2.24) is 4.98 Å². The number of rotatable bonds is 4. The molecule has 0 aliphatic carbocycles. The summed E-state index contributed by atoms with van der Waals surface area (Å²) in [6.45, 7) is 3.59. The maximum Gasteiger partial charge on any atom is 0.273 e. The van der Waals surface area contributed by atoms with Gasteiger partial charge in [0.2, 0.25) is 0 Å². The third kappa shape index (κ3) is 3.33. The molecule has 1 aromatic carbocycles. The standard InChI is InChI=1S/C12H12BrClN2O2S2/c1-3-8-6-9(13)4-5-10(8)16-20(17,18)11-7(2)15-12(14)19-11/h4-6,16H,3H2,1-2H3. The van der Waals surface area contributed by atoms with Gasteiger partial charge in [0.1, 0.15) is 0 Å². The van der Waals surface area contributed by atoms with Crippen LogP contribution in [-0.2, 0) is 16.4 Å². The van der Waals surface area contributed by atoms with Crippen LogP contribution in [0.4, 0.5) is 5.69 Å². The van der Waals surface area contributed by atoms with Gasteiger partial charge in [0.05, 0.1) is 11.4 Å². The highest BCUT2D eigenvalue weighted by Crippen LogP contribution is 2.30. The fourth-order valence-electron chi connectivity index (χ4n) is 1.75. The topological polar surface area (TPSA) is 59.1 Å². The fourth-order valence-corrected chi connectivity index (χ4v) is 4.99. The fraction of sp³-hybridized carbons (Fsp3) is 0.250. The zero-order valence-electron chi connectivity index (χ0n) is 10.8. The van der Waals surface area contributed by atoms with Crippen LogP contribution >= 0.6 is 38.9 Å². The molecule has 1 N–H and O–H groups in total. The maximum absolute atomic E-state index is 12.4. The van der Waals surface area contributed by atoms with E-state index in [1.807, 2.05) is 13.0 Å². The van der Waals surface area contributed by atoms with E-state index in [1.165, 1.54) is 0 Å². The smallest absolute Gasteiger partial charge is 0.273 e. The summed E-state index contributed by atoms with van der Waals surface area (Å²) < 4.78 is 28.6. The molecule has 0 aliphatic heterocycles. The molecule has 0 unspecified atom stereocenters. The van der Waals surface area contributed by atoms with Crippen LogP contribution in [0.15, 0.2) is 26.9 Å². The average molecular weight is 396 g/mol. The summed E-state index contributed by atoms with van der Waals surface area (Å²) >= 11 is 10.1. The molecule has 1 aromatic heterocycles. The SMILES string of the molecule is CCc1cc(Br)ccc1NS(=O)(=O)c1sc(Cl)nc1C. The Morgan fingerprint density at radius 2 is 2.15 bits per heavy atom. The number of aromatic nitrogens is 1. The molecule has 0 spiro atoms. The monoisotopic (exact) mass is 394 g/mol. The van der Waals surface area contributed by atoms with Gasteiger partial charge in [0, 0.05) is 4.47 Å². The first-order chi connectivity index (χ1) is 9.33. The molecule has 2 rings (SSSR count). The second-order valence-corrected chi connectivity index (χ2v) is 8.47. The third-order valence-corrected chi connectivity index (χ3v) is 6.39. The number of halogens is 2. The number of nitrogens with one attached hydrogen (secondary N) is 1. The van der Waals surface area contributed by atoms with E-state index in [-0.39, 0.29) is 8.68 Å². The number of benzene rings is 1. The number of aryl methyl sites for hydroxylation is 2. The minimum Gasteiger partial charge on any atom is -0.279 e. The van der Waals surface area contributed by atoms with Gasteiger partial charge < -0.3 is 0 Å². The van der Waals surface area contributed by atoms with E-state index in [0.717, 1.165) is 27.8 Å². The van der Waals surface area contributed by atoms with Gasteiger partial charge >= 0.3 is 0 Å². The summed E-state index contributed by atoms with van der Waals surface area (Å²) in [6, 6.07) is 5.42. The van der Waals surface area contributed by atoms with E-state index in [4.69, 9.17) is 11.6 Å². The Labute approximate surface area is 135 Å². The molecule has 8 heteroatoms. The molecular weight excluding hydrogens is 384 g/mol. The Morgan fingerprint density at radius 3 is 2.70 bits per heavy atom. The van der Waals surface area contributed by atoms with Crippen molar-refractivity contribution in [3.8, 4) is 0 Å². The van der Waals surface area contributed by atoms with E-state index in [0.29, 0.717) is 11.4 Å². The van der Waals surface area contributed by atoms with Crippen LogP contribution in [0.3, 0.4) is 0 Å².